The van der Waals surface area contributed by atoms with Crippen LogP contribution in [0, 0.1) is 0 Å². The molecule has 0 unspecified atom stereocenters. The smallest absolute Gasteiger partial charge is 1.00 e. The van der Waals surface area contributed by atoms with Crippen LogP contribution in [0.4, 0.5) is 0 Å². The molecular formula is C5H12Cl2MgO2. The minimum atomic E-state index is -0.0139. The number of halogens is 2. The second kappa shape index (κ2) is 16.7. The Kier molecular flexibility index (Phi) is 37.5. The molecule has 60 valence electrons. The van der Waals surface area contributed by atoms with Crippen molar-refractivity contribution in [2.75, 3.05) is 14.2 Å². The van der Waals surface area contributed by atoms with Gasteiger partial charge < -0.3 is 34.3 Å². The summed E-state index contributed by atoms with van der Waals surface area (Å²) in [6.45, 7) is 2.01. The summed E-state index contributed by atoms with van der Waals surface area (Å²) in [5.74, 6) is 0. The number of hydrogen-bond acceptors (Lipinski definition) is 2. The van der Waals surface area contributed by atoms with E-state index >= 15 is 0 Å². The van der Waals surface area contributed by atoms with Crippen LogP contribution in [0.25, 0.3) is 0 Å². The fourth-order valence-corrected chi connectivity index (χ4v) is 0.430. The van der Waals surface area contributed by atoms with E-state index in [-0.39, 0.29) is 54.2 Å². The molecule has 0 saturated carbocycles. The molecule has 0 aromatic rings. The van der Waals surface area contributed by atoms with Gasteiger partial charge in [-0.2, -0.15) is 0 Å². The van der Waals surface area contributed by atoms with E-state index < -0.39 is 0 Å². The third-order valence-corrected chi connectivity index (χ3v) is 0.859. The molecule has 0 aliphatic carbocycles. The number of hydrogen-bond donors (Lipinski definition) is 0. The third kappa shape index (κ3) is 12.0. The summed E-state index contributed by atoms with van der Waals surface area (Å²) >= 11 is 0. The van der Waals surface area contributed by atoms with Crippen LogP contribution in [0.5, 0.6) is 0 Å². The molecule has 0 saturated heterocycles. The minimum Gasteiger partial charge on any atom is -1.00 e. The van der Waals surface area contributed by atoms with Gasteiger partial charge in [-0.05, 0) is 6.42 Å². The summed E-state index contributed by atoms with van der Waals surface area (Å²) in [7, 11) is 3.27. The molecule has 0 aromatic heterocycles. The van der Waals surface area contributed by atoms with Crippen LogP contribution in [0.2, 0.25) is 0 Å². The number of rotatable bonds is 3. The van der Waals surface area contributed by atoms with E-state index in [0.717, 1.165) is 6.42 Å². The second-order valence-electron chi connectivity index (χ2n) is 1.31. The van der Waals surface area contributed by atoms with Crippen LogP contribution in [-0.4, -0.2) is 43.6 Å². The molecule has 0 aromatic carbocycles. The summed E-state index contributed by atoms with van der Waals surface area (Å²) in [6.07, 6.45) is 0.896. The van der Waals surface area contributed by atoms with Gasteiger partial charge in [-0.25, -0.2) is 0 Å². The normalized spacial score (nSPS) is 7.20. The van der Waals surface area contributed by atoms with E-state index in [1.807, 2.05) is 6.92 Å². The van der Waals surface area contributed by atoms with Crippen LogP contribution in [0.3, 0.4) is 0 Å². The van der Waals surface area contributed by atoms with Gasteiger partial charge in [-0.3, -0.25) is 0 Å². The first kappa shape index (κ1) is 22.5. The minimum absolute atomic E-state index is 0. The molecule has 0 N–H and O–H groups in total. The molecule has 0 bridgehead atoms. The van der Waals surface area contributed by atoms with Crippen LogP contribution in [0.15, 0.2) is 0 Å². The van der Waals surface area contributed by atoms with Crippen molar-refractivity contribution in [3.05, 3.63) is 0 Å². The SMILES string of the molecule is CCC(OC)OC.[Cl-].[Cl-].[Mg+2]. The van der Waals surface area contributed by atoms with Crippen molar-refractivity contribution in [2.45, 2.75) is 19.6 Å². The average molecular weight is 199 g/mol. The Morgan fingerprint density at radius 3 is 1.40 bits per heavy atom. The van der Waals surface area contributed by atoms with Crippen molar-refractivity contribution >= 4 is 23.1 Å². The summed E-state index contributed by atoms with van der Waals surface area (Å²) in [5.41, 5.74) is 0. The summed E-state index contributed by atoms with van der Waals surface area (Å²) in [4.78, 5) is 0. The Balaban J connectivity index is -0.0000000600. The van der Waals surface area contributed by atoms with Crippen molar-refractivity contribution in [1.29, 1.82) is 0 Å². The molecule has 0 radical (unpaired) electrons. The maximum absolute atomic E-state index is 4.83. The van der Waals surface area contributed by atoms with Crippen molar-refractivity contribution in [3.8, 4) is 0 Å². The van der Waals surface area contributed by atoms with Gasteiger partial charge >= 0.3 is 23.1 Å². The first-order valence-electron chi connectivity index (χ1n) is 2.40. The second-order valence-corrected chi connectivity index (χ2v) is 1.31. The molecule has 10 heavy (non-hydrogen) atoms. The van der Waals surface area contributed by atoms with Gasteiger partial charge in [-0.1, -0.05) is 6.92 Å². The van der Waals surface area contributed by atoms with Crippen LogP contribution in [0.1, 0.15) is 13.3 Å². The van der Waals surface area contributed by atoms with Gasteiger partial charge in [-0.15, -0.1) is 0 Å². The molecule has 5 heteroatoms. The van der Waals surface area contributed by atoms with E-state index in [2.05, 4.69) is 0 Å². The van der Waals surface area contributed by atoms with Crippen molar-refractivity contribution in [2.24, 2.45) is 0 Å². The molecule has 0 heterocycles. The van der Waals surface area contributed by atoms with Crippen molar-refractivity contribution in [3.63, 3.8) is 0 Å². The van der Waals surface area contributed by atoms with E-state index in [0.29, 0.717) is 0 Å². The number of methoxy groups -OCH3 is 2. The number of ether oxygens (including phenoxy) is 2. The fraction of sp³-hybridized carbons (Fsp3) is 1.00. The predicted molar refractivity (Wildman–Crippen MR) is 33.9 cm³/mol. The van der Waals surface area contributed by atoms with Crippen LogP contribution in [-0.2, 0) is 9.47 Å². The predicted octanol–water partition coefficient (Wildman–Crippen LogP) is -5.36. The average Bonchev–Trinajstić information content (AvgIpc) is 1.72. The Bertz CT molecular complexity index is 39.1. The summed E-state index contributed by atoms with van der Waals surface area (Å²) in [5, 5.41) is 0. The first-order valence-corrected chi connectivity index (χ1v) is 2.40. The first-order chi connectivity index (χ1) is 3.35. The molecule has 0 spiro atoms. The Labute approximate surface area is 91.0 Å². The van der Waals surface area contributed by atoms with E-state index in [1.54, 1.807) is 14.2 Å². The molecule has 2 nitrogen and oxygen atoms in total. The van der Waals surface area contributed by atoms with Crippen molar-refractivity contribution in [1.82, 2.24) is 0 Å². The Morgan fingerprint density at radius 2 is 1.40 bits per heavy atom. The van der Waals surface area contributed by atoms with Gasteiger partial charge in [0.1, 0.15) is 0 Å². The summed E-state index contributed by atoms with van der Waals surface area (Å²) < 4.78 is 9.65. The van der Waals surface area contributed by atoms with E-state index in [4.69, 9.17) is 9.47 Å². The van der Waals surface area contributed by atoms with Crippen molar-refractivity contribution < 1.29 is 34.3 Å². The molecule has 0 amide bonds. The maximum atomic E-state index is 4.83. The fourth-order valence-electron chi connectivity index (χ4n) is 0.430. The largest absolute Gasteiger partial charge is 2.00 e. The zero-order valence-electron chi connectivity index (χ0n) is 6.56. The maximum Gasteiger partial charge on any atom is 2.00 e. The molecule has 0 aliphatic rings. The zero-order chi connectivity index (χ0) is 5.70. The molecule has 0 aliphatic heterocycles. The van der Waals surface area contributed by atoms with Gasteiger partial charge in [0.05, 0.1) is 0 Å². The summed E-state index contributed by atoms with van der Waals surface area (Å²) in [6, 6.07) is 0. The van der Waals surface area contributed by atoms with E-state index in [1.165, 1.54) is 0 Å². The standard InChI is InChI=1S/C5H12O2.2ClH.Mg/c1-4-5(6-2)7-3;;;/h5H,4H2,1-3H3;2*1H;/q;;;+2/p-2. The van der Waals surface area contributed by atoms with E-state index in [9.17, 15) is 0 Å². The monoisotopic (exact) mass is 198 g/mol. The molecule has 0 rings (SSSR count). The zero-order valence-corrected chi connectivity index (χ0v) is 9.49. The van der Waals surface area contributed by atoms with Gasteiger partial charge in [0.25, 0.3) is 0 Å². The van der Waals surface area contributed by atoms with Crippen LogP contribution < -0.4 is 24.8 Å². The Hall–Kier alpha value is 1.27. The van der Waals surface area contributed by atoms with Gasteiger partial charge in [0, 0.05) is 14.2 Å². The topological polar surface area (TPSA) is 18.5 Å². The molecular weight excluding hydrogens is 187 g/mol. The molecule has 0 atom stereocenters. The molecule has 0 fully saturated rings. The third-order valence-electron chi connectivity index (χ3n) is 0.859. The van der Waals surface area contributed by atoms with Crippen LogP contribution >= 0.6 is 0 Å². The van der Waals surface area contributed by atoms with Gasteiger partial charge in [0.2, 0.25) is 0 Å². The van der Waals surface area contributed by atoms with Gasteiger partial charge in [0.15, 0.2) is 6.29 Å². The quantitative estimate of drug-likeness (QED) is 0.334. The Morgan fingerprint density at radius 1 is 1.10 bits per heavy atom.